The maximum atomic E-state index is 13.4. The number of anilines is 2. The second kappa shape index (κ2) is 10.6. The number of ether oxygens (including phenoxy) is 1. The average Bonchev–Trinajstić information content (AvgIpc) is 2.80. The largest absolute Gasteiger partial charge is 0.385 e. The highest BCUT2D eigenvalue weighted by molar-refractivity contribution is 6.09. The molecule has 1 saturated heterocycles. The summed E-state index contributed by atoms with van der Waals surface area (Å²) in [4.78, 5) is 44.3. The van der Waals surface area contributed by atoms with Crippen molar-refractivity contribution in [2.24, 2.45) is 0 Å². The van der Waals surface area contributed by atoms with Crippen LogP contribution in [0.3, 0.4) is 0 Å². The van der Waals surface area contributed by atoms with E-state index in [1.807, 2.05) is 26.0 Å². The van der Waals surface area contributed by atoms with Gasteiger partial charge in [-0.05, 0) is 57.7 Å². The Morgan fingerprint density at radius 3 is 2.68 bits per heavy atom. The highest BCUT2D eigenvalue weighted by Gasteiger charge is 2.40. The molecule has 1 N–H and O–H groups in total. The zero-order valence-corrected chi connectivity index (χ0v) is 18.9. The van der Waals surface area contributed by atoms with Crippen molar-refractivity contribution in [3.63, 3.8) is 0 Å². The first-order valence-corrected chi connectivity index (χ1v) is 11.3. The highest BCUT2D eigenvalue weighted by Crippen LogP contribution is 2.40. The normalized spacial score (nSPS) is 17.8. The van der Waals surface area contributed by atoms with Crippen LogP contribution in [-0.2, 0) is 14.3 Å². The summed E-state index contributed by atoms with van der Waals surface area (Å²) >= 11 is 0. The second-order valence-electron chi connectivity index (χ2n) is 8.01. The first-order chi connectivity index (χ1) is 15.0. The van der Waals surface area contributed by atoms with Crippen molar-refractivity contribution in [3.8, 4) is 0 Å². The van der Waals surface area contributed by atoms with Crippen LogP contribution in [0.4, 0.5) is 11.4 Å². The standard InChI is InChI=1S/C23H34N4O4/c1-4-25(5-2)22(29)17-10-11-18-20(15-17)27(16-21(28)24-12-8-14-31-3)23(30)19-9-6-7-13-26(18)19/h10-11,15,19H,4-9,12-14,16H2,1-3H3,(H,24,28)/t19-/m1/s1. The number of nitrogens with one attached hydrogen (secondary N) is 1. The Morgan fingerprint density at radius 1 is 1.19 bits per heavy atom. The molecular formula is C23H34N4O4. The molecule has 170 valence electrons. The van der Waals surface area contributed by atoms with Gasteiger partial charge in [-0.25, -0.2) is 0 Å². The molecule has 0 unspecified atom stereocenters. The van der Waals surface area contributed by atoms with Crippen LogP contribution in [0.15, 0.2) is 18.2 Å². The molecule has 2 aliphatic rings. The summed E-state index contributed by atoms with van der Waals surface area (Å²) in [6.07, 6.45) is 3.53. The number of nitrogens with zero attached hydrogens (tertiary/aromatic N) is 3. The number of hydrogen-bond donors (Lipinski definition) is 1. The van der Waals surface area contributed by atoms with Gasteiger partial charge < -0.3 is 19.9 Å². The molecule has 3 rings (SSSR count). The van der Waals surface area contributed by atoms with Crippen LogP contribution < -0.4 is 15.1 Å². The maximum absolute atomic E-state index is 13.4. The molecule has 3 amide bonds. The Bertz CT molecular complexity index is 809. The predicted octanol–water partition coefficient (Wildman–Crippen LogP) is 2.03. The molecule has 8 nitrogen and oxygen atoms in total. The number of methoxy groups -OCH3 is 1. The van der Waals surface area contributed by atoms with E-state index < -0.39 is 0 Å². The van der Waals surface area contributed by atoms with Crippen LogP contribution in [0.5, 0.6) is 0 Å². The minimum atomic E-state index is -0.244. The SMILES string of the molecule is CCN(CC)C(=O)c1ccc2c(c1)N(CC(=O)NCCCOC)C(=O)[C@H]1CCCCN21. The van der Waals surface area contributed by atoms with Gasteiger partial charge in [-0.2, -0.15) is 0 Å². The van der Waals surface area contributed by atoms with E-state index in [9.17, 15) is 14.4 Å². The van der Waals surface area contributed by atoms with Gasteiger partial charge in [0.05, 0.1) is 11.4 Å². The summed E-state index contributed by atoms with van der Waals surface area (Å²) in [6.45, 7) is 6.96. The molecule has 2 heterocycles. The van der Waals surface area contributed by atoms with Gasteiger partial charge >= 0.3 is 0 Å². The number of benzene rings is 1. The number of fused-ring (bicyclic) bond motifs is 3. The number of rotatable bonds is 9. The van der Waals surface area contributed by atoms with Crippen molar-refractivity contribution in [3.05, 3.63) is 23.8 Å². The number of amides is 3. The molecule has 0 saturated carbocycles. The number of carbonyl (C=O) groups is 3. The summed E-state index contributed by atoms with van der Waals surface area (Å²) in [5.41, 5.74) is 2.11. The van der Waals surface area contributed by atoms with Crippen LogP contribution in [0.1, 0.15) is 49.9 Å². The summed E-state index contributed by atoms with van der Waals surface area (Å²) in [5.74, 6) is -0.336. The molecule has 1 aromatic carbocycles. The van der Waals surface area contributed by atoms with Crippen molar-refractivity contribution in [1.82, 2.24) is 10.2 Å². The molecule has 0 radical (unpaired) electrons. The second-order valence-corrected chi connectivity index (χ2v) is 8.01. The Labute approximate surface area is 184 Å². The molecule has 0 aliphatic carbocycles. The third-order valence-corrected chi connectivity index (χ3v) is 6.08. The summed E-state index contributed by atoms with van der Waals surface area (Å²) < 4.78 is 5.01. The van der Waals surface area contributed by atoms with Crippen LogP contribution >= 0.6 is 0 Å². The van der Waals surface area contributed by atoms with Gasteiger partial charge in [-0.1, -0.05) is 0 Å². The summed E-state index contributed by atoms with van der Waals surface area (Å²) in [6, 6.07) is 5.30. The molecule has 1 atom stereocenters. The maximum Gasteiger partial charge on any atom is 0.253 e. The third kappa shape index (κ3) is 5.01. The van der Waals surface area contributed by atoms with Crippen LogP contribution in [-0.4, -0.2) is 75.1 Å². The van der Waals surface area contributed by atoms with Gasteiger partial charge in [-0.15, -0.1) is 0 Å². The predicted molar refractivity (Wildman–Crippen MR) is 121 cm³/mol. The fourth-order valence-electron chi connectivity index (χ4n) is 4.39. The Kier molecular flexibility index (Phi) is 7.90. The van der Waals surface area contributed by atoms with E-state index in [0.29, 0.717) is 43.9 Å². The highest BCUT2D eigenvalue weighted by atomic mass is 16.5. The van der Waals surface area contributed by atoms with E-state index in [1.54, 1.807) is 23.0 Å². The molecule has 31 heavy (non-hydrogen) atoms. The van der Waals surface area contributed by atoms with Crippen molar-refractivity contribution in [2.75, 3.05) is 56.2 Å². The van der Waals surface area contributed by atoms with Gasteiger partial charge in [0.2, 0.25) is 11.8 Å². The fraction of sp³-hybridized carbons (Fsp3) is 0.609. The molecule has 0 bridgehead atoms. The van der Waals surface area contributed by atoms with Crippen LogP contribution in [0, 0.1) is 0 Å². The van der Waals surface area contributed by atoms with Gasteiger partial charge in [-0.3, -0.25) is 19.3 Å². The monoisotopic (exact) mass is 430 g/mol. The quantitative estimate of drug-likeness (QED) is 0.606. The third-order valence-electron chi connectivity index (χ3n) is 6.08. The van der Waals surface area contributed by atoms with Crippen LogP contribution in [0.2, 0.25) is 0 Å². The van der Waals surface area contributed by atoms with E-state index in [0.717, 1.165) is 31.5 Å². The topological polar surface area (TPSA) is 82.2 Å². The minimum Gasteiger partial charge on any atom is -0.385 e. The molecule has 1 fully saturated rings. The minimum absolute atomic E-state index is 0.0495. The van der Waals surface area contributed by atoms with Crippen molar-refractivity contribution < 1.29 is 19.1 Å². The van der Waals surface area contributed by atoms with Crippen LogP contribution in [0.25, 0.3) is 0 Å². The lowest BCUT2D eigenvalue weighted by Crippen LogP contribution is -2.57. The zero-order valence-electron chi connectivity index (χ0n) is 18.9. The summed E-state index contributed by atoms with van der Waals surface area (Å²) in [7, 11) is 1.62. The molecule has 0 spiro atoms. The van der Waals surface area contributed by atoms with E-state index in [-0.39, 0.29) is 30.3 Å². The van der Waals surface area contributed by atoms with Gasteiger partial charge in [0.25, 0.3) is 5.91 Å². The van der Waals surface area contributed by atoms with Crippen molar-refractivity contribution in [2.45, 2.75) is 45.6 Å². The lowest BCUT2D eigenvalue weighted by Gasteiger charge is -2.45. The first kappa shape index (κ1) is 23.1. The molecule has 0 aromatic heterocycles. The smallest absolute Gasteiger partial charge is 0.253 e. The number of piperidine rings is 1. The lowest BCUT2D eigenvalue weighted by atomic mass is 9.95. The Hall–Kier alpha value is -2.61. The fourth-order valence-corrected chi connectivity index (χ4v) is 4.39. The lowest BCUT2D eigenvalue weighted by molar-refractivity contribution is -0.125. The number of carbonyl (C=O) groups excluding carboxylic acids is 3. The molecule has 1 aromatic rings. The number of hydrogen-bond acceptors (Lipinski definition) is 5. The van der Waals surface area contributed by atoms with E-state index in [4.69, 9.17) is 4.74 Å². The Balaban J connectivity index is 1.89. The molecular weight excluding hydrogens is 396 g/mol. The summed E-state index contributed by atoms with van der Waals surface area (Å²) in [5, 5.41) is 2.86. The van der Waals surface area contributed by atoms with Gasteiger partial charge in [0.15, 0.2) is 0 Å². The van der Waals surface area contributed by atoms with Crippen molar-refractivity contribution in [1.29, 1.82) is 0 Å². The molecule has 8 heteroatoms. The average molecular weight is 431 g/mol. The van der Waals surface area contributed by atoms with Gasteiger partial charge in [0, 0.05) is 45.5 Å². The zero-order chi connectivity index (χ0) is 22.4. The molecule has 2 aliphatic heterocycles. The van der Waals surface area contributed by atoms with E-state index >= 15 is 0 Å². The van der Waals surface area contributed by atoms with E-state index in [2.05, 4.69) is 10.2 Å². The van der Waals surface area contributed by atoms with Gasteiger partial charge in [0.1, 0.15) is 12.6 Å². The van der Waals surface area contributed by atoms with Crippen molar-refractivity contribution >= 4 is 29.1 Å². The van der Waals surface area contributed by atoms with E-state index in [1.165, 1.54) is 0 Å². The first-order valence-electron chi connectivity index (χ1n) is 11.3. The Morgan fingerprint density at radius 2 is 1.97 bits per heavy atom.